The number of nitrogens with one attached hydrogen (secondary N) is 1. The Morgan fingerprint density at radius 1 is 1.06 bits per heavy atom. The predicted molar refractivity (Wildman–Crippen MR) is 119 cm³/mol. The van der Waals surface area contributed by atoms with Crippen LogP contribution in [-0.4, -0.2) is 26.2 Å². The van der Waals surface area contributed by atoms with Gasteiger partial charge in [-0.2, -0.15) is 18.2 Å². The van der Waals surface area contributed by atoms with Crippen LogP contribution in [0.2, 0.25) is 0 Å². The van der Waals surface area contributed by atoms with E-state index < -0.39 is 11.7 Å². The molecule has 0 saturated heterocycles. The molecular formula is C23H21F3N4O2S. The Hall–Kier alpha value is -3.14. The highest BCUT2D eigenvalue weighted by atomic mass is 32.2. The number of hydrogen-bond acceptors (Lipinski definition) is 5. The van der Waals surface area contributed by atoms with Crippen LogP contribution in [0.5, 0.6) is 0 Å². The first-order valence-electron chi connectivity index (χ1n) is 10.4. The molecule has 0 fully saturated rings. The third-order valence-electron chi connectivity index (χ3n) is 5.38. The normalized spacial score (nSPS) is 13.4. The van der Waals surface area contributed by atoms with Crippen molar-refractivity contribution in [2.75, 3.05) is 11.1 Å². The Morgan fingerprint density at radius 2 is 1.76 bits per heavy atom. The molecule has 0 bridgehead atoms. The number of carbonyl (C=O) groups excluding carboxylic acids is 1. The van der Waals surface area contributed by atoms with Crippen LogP contribution in [0.1, 0.15) is 35.2 Å². The average Bonchev–Trinajstić information content (AvgIpc) is 2.80. The van der Waals surface area contributed by atoms with E-state index in [1.807, 2.05) is 12.1 Å². The van der Waals surface area contributed by atoms with Gasteiger partial charge in [-0.3, -0.25) is 14.3 Å². The van der Waals surface area contributed by atoms with Gasteiger partial charge in [0.1, 0.15) is 5.03 Å². The quantitative estimate of drug-likeness (QED) is 0.426. The number of alkyl halides is 3. The average molecular weight is 475 g/mol. The van der Waals surface area contributed by atoms with Gasteiger partial charge in [0, 0.05) is 29.3 Å². The Balaban J connectivity index is 1.47. The molecule has 172 valence electrons. The molecule has 0 unspecified atom stereocenters. The first-order chi connectivity index (χ1) is 15.8. The molecule has 1 aromatic carbocycles. The molecule has 1 aliphatic carbocycles. The number of pyridine rings is 1. The number of nitrogens with zero attached hydrogens (tertiary/aromatic N) is 3. The number of amides is 1. The molecule has 0 radical (unpaired) electrons. The Kier molecular flexibility index (Phi) is 6.83. The van der Waals surface area contributed by atoms with Gasteiger partial charge in [0.05, 0.1) is 17.9 Å². The monoisotopic (exact) mass is 474 g/mol. The van der Waals surface area contributed by atoms with Crippen LogP contribution in [0.25, 0.3) is 0 Å². The highest BCUT2D eigenvalue weighted by molar-refractivity contribution is 8.00. The number of fused-ring (bicyclic) bond motifs is 1. The largest absolute Gasteiger partial charge is 0.416 e. The molecule has 10 heteroatoms. The molecule has 33 heavy (non-hydrogen) atoms. The Morgan fingerprint density at radius 3 is 2.45 bits per heavy atom. The van der Waals surface area contributed by atoms with Gasteiger partial charge in [0.2, 0.25) is 5.91 Å². The fraction of sp³-hybridized carbons (Fsp3) is 0.304. The standard InChI is InChI=1S/C23H21F3N4O2S/c24-23(25,26)16-5-7-17(8-6-16)28-20(31)14-33-21-18-3-1-2-4-19(18)30(22(32)29-21)13-15-9-11-27-12-10-15/h5-12H,1-4,13-14H2,(H,28,31). The van der Waals surface area contributed by atoms with Gasteiger partial charge in [0.15, 0.2) is 0 Å². The molecule has 1 aliphatic rings. The van der Waals surface area contributed by atoms with Gasteiger partial charge >= 0.3 is 11.9 Å². The molecule has 0 aliphatic heterocycles. The van der Waals surface area contributed by atoms with Gasteiger partial charge in [-0.05, 0) is 67.6 Å². The lowest BCUT2D eigenvalue weighted by Crippen LogP contribution is -2.30. The van der Waals surface area contributed by atoms with Crippen molar-refractivity contribution in [1.82, 2.24) is 14.5 Å². The Bertz CT molecular complexity index is 1200. The van der Waals surface area contributed by atoms with E-state index in [0.717, 1.165) is 54.6 Å². The molecule has 1 N–H and O–H groups in total. The van der Waals surface area contributed by atoms with Crippen molar-refractivity contribution >= 4 is 23.4 Å². The highest BCUT2D eigenvalue weighted by Gasteiger charge is 2.30. The summed E-state index contributed by atoms with van der Waals surface area (Å²) in [7, 11) is 0. The van der Waals surface area contributed by atoms with Crippen LogP contribution >= 0.6 is 11.8 Å². The van der Waals surface area contributed by atoms with Gasteiger partial charge in [-0.15, -0.1) is 0 Å². The van der Waals surface area contributed by atoms with E-state index in [9.17, 15) is 22.8 Å². The van der Waals surface area contributed by atoms with Crippen LogP contribution in [0.4, 0.5) is 18.9 Å². The molecule has 3 aromatic rings. The minimum absolute atomic E-state index is 0.00568. The maximum Gasteiger partial charge on any atom is 0.416 e. The summed E-state index contributed by atoms with van der Waals surface area (Å²) in [4.78, 5) is 33.4. The second kappa shape index (κ2) is 9.78. The number of thioether (sulfide) groups is 1. The Labute approximate surface area is 192 Å². The van der Waals surface area contributed by atoms with Crippen molar-refractivity contribution in [3.05, 3.63) is 81.7 Å². The van der Waals surface area contributed by atoms with E-state index in [0.29, 0.717) is 11.6 Å². The summed E-state index contributed by atoms with van der Waals surface area (Å²) in [5.74, 6) is -0.388. The van der Waals surface area contributed by atoms with Crippen LogP contribution in [0.15, 0.2) is 58.6 Å². The zero-order valence-corrected chi connectivity index (χ0v) is 18.4. The second-order valence-corrected chi connectivity index (χ2v) is 8.65. The van der Waals surface area contributed by atoms with Crippen molar-refractivity contribution < 1.29 is 18.0 Å². The number of rotatable bonds is 6. The number of benzene rings is 1. The number of carbonyl (C=O) groups is 1. The smallest absolute Gasteiger partial charge is 0.325 e. The van der Waals surface area contributed by atoms with Gasteiger partial charge in [-0.25, -0.2) is 4.79 Å². The summed E-state index contributed by atoms with van der Waals surface area (Å²) in [6, 6.07) is 7.98. The summed E-state index contributed by atoms with van der Waals surface area (Å²) < 4.78 is 39.7. The molecule has 4 rings (SSSR count). The molecule has 0 saturated carbocycles. The van der Waals surface area contributed by atoms with Crippen molar-refractivity contribution in [3.63, 3.8) is 0 Å². The maximum absolute atomic E-state index is 12.8. The molecule has 6 nitrogen and oxygen atoms in total. The zero-order chi connectivity index (χ0) is 23.4. The summed E-state index contributed by atoms with van der Waals surface area (Å²) in [6.45, 7) is 0.413. The second-order valence-electron chi connectivity index (χ2n) is 7.69. The van der Waals surface area contributed by atoms with E-state index in [1.165, 1.54) is 23.9 Å². The van der Waals surface area contributed by atoms with Crippen molar-refractivity contribution in [1.29, 1.82) is 0 Å². The minimum Gasteiger partial charge on any atom is -0.325 e. The fourth-order valence-electron chi connectivity index (χ4n) is 3.77. The third kappa shape index (κ3) is 5.62. The molecule has 0 atom stereocenters. The van der Waals surface area contributed by atoms with Crippen LogP contribution in [0, 0.1) is 0 Å². The van der Waals surface area contributed by atoms with E-state index in [2.05, 4.69) is 15.3 Å². The molecule has 0 spiro atoms. The maximum atomic E-state index is 12.8. The predicted octanol–water partition coefficient (Wildman–Crippen LogP) is 4.32. The van der Waals surface area contributed by atoms with E-state index in [-0.39, 0.29) is 23.0 Å². The molecular weight excluding hydrogens is 453 g/mol. The minimum atomic E-state index is -4.43. The van der Waals surface area contributed by atoms with Crippen LogP contribution in [0.3, 0.4) is 0 Å². The van der Waals surface area contributed by atoms with Crippen molar-refractivity contribution in [2.45, 2.75) is 43.4 Å². The first-order valence-corrected chi connectivity index (χ1v) is 11.4. The topological polar surface area (TPSA) is 76.9 Å². The SMILES string of the molecule is O=C(CSc1nc(=O)n(Cc2ccncc2)c2c1CCCC2)Nc1ccc(C(F)(F)F)cc1. The van der Waals surface area contributed by atoms with Gasteiger partial charge < -0.3 is 5.32 Å². The summed E-state index contributed by atoms with van der Waals surface area (Å²) >= 11 is 1.17. The van der Waals surface area contributed by atoms with Crippen LogP contribution in [-0.2, 0) is 30.4 Å². The van der Waals surface area contributed by atoms with Gasteiger partial charge in [0.25, 0.3) is 0 Å². The first kappa shape index (κ1) is 23.0. The lowest BCUT2D eigenvalue weighted by Gasteiger charge is -2.22. The lowest BCUT2D eigenvalue weighted by molar-refractivity contribution is -0.137. The zero-order valence-electron chi connectivity index (χ0n) is 17.6. The summed E-state index contributed by atoms with van der Waals surface area (Å²) in [5.41, 5.74) is 2.02. The van der Waals surface area contributed by atoms with E-state index in [1.54, 1.807) is 17.0 Å². The van der Waals surface area contributed by atoms with E-state index >= 15 is 0 Å². The van der Waals surface area contributed by atoms with E-state index in [4.69, 9.17) is 0 Å². The molecule has 1 amide bonds. The van der Waals surface area contributed by atoms with Crippen molar-refractivity contribution in [3.8, 4) is 0 Å². The molecule has 2 heterocycles. The van der Waals surface area contributed by atoms with Crippen molar-refractivity contribution in [2.24, 2.45) is 0 Å². The number of halogens is 3. The summed E-state index contributed by atoms with van der Waals surface area (Å²) in [6.07, 6.45) is 2.43. The third-order valence-corrected chi connectivity index (χ3v) is 6.39. The number of hydrogen-bond donors (Lipinski definition) is 1. The van der Waals surface area contributed by atoms with Crippen LogP contribution < -0.4 is 11.0 Å². The summed E-state index contributed by atoms with van der Waals surface area (Å²) in [5, 5.41) is 3.13. The lowest BCUT2D eigenvalue weighted by atomic mass is 9.97. The highest BCUT2D eigenvalue weighted by Crippen LogP contribution is 2.31. The number of anilines is 1. The fourth-order valence-corrected chi connectivity index (χ4v) is 4.65. The van der Waals surface area contributed by atoms with Gasteiger partial charge in [-0.1, -0.05) is 11.8 Å². The number of aromatic nitrogens is 3. The molecule has 2 aromatic heterocycles.